The van der Waals surface area contributed by atoms with Gasteiger partial charge < -0.3 is 15.5 Å². The molecule has 1 aliphatic rings. The molecule has 1 aliphatic heterocycles. The first kappa shape index (κ1) is 19.6. The minimum absolute atomic E-state index is 0.0648. The Hall–Kier alpha value is -1.47. The summed E-state index contributed by atoms with van der Waals surface area (Å²) in [7, 11) is 0. The molecule has 0 saturated carbocycles. The Morgan fingerprint density at radius 2 is 1.78 bits per heavy atom. The average Bonchev–Trinajstić information content (AvgIpc) is 2.72. The molecule has 0 aromatic carbocycles. The zero-order valence-electron chi connectivity index (χ0n) is 14.1. The molecule has 0 aromatic rings. The van der Waals surface area contributed by atoms with Gasteiger partial charge in [0.05, 0.1) is 11.5 Å². The van der Waals surface area contributed by atoms with Gasteiger partial charge in [-0.15, -0.1) is 0 Å². The first-order valence-corrected chi connectivity index (χ1v) is 7.87. The lowest BCUT2D eigenvalue weighted by molar-refractivity contribution is -0.189. The third-order valence-electron chi connectivity index (χ3n) is 4.28. The van der Waals surface area contributed by atoms with Crippen LogP contribution in [0.2, 0.25) is 0 Å². The molecule has 0 spiro atoms. The molecule has 23 heavy (non-hydrogen) atoms. The fourth-order valence-corrected chi connectivity index (χ4v) is 2.81. The lowest BCUT2D eigenvalue weighted by Crippen LogP contribution is -2.53. The standard InChI is InChI=1S/C15H26F3N3O2/c1-10(2)12(22)19-7-5-8-20-13(23)21-9-6-11(14(21,3)4)15(16,17)18/h10-11H,5-9H2,1-4H3,(H,19,22)(H,20,23)/t11-/m0/s1. The van der Waals surface area contributed by atoms with Crippen LogP contribution >= 0.6 is 0 Å². The van der Waals surface area contributed by atoms with Crippen LogP contribution in [0.4, 0.5) is 18.0 Å². The van der Waals surface area contributed by atoms with E-state index in [4.69, 9.17) is 0 Å². The highest BCUT2D eigenvalue weighted by Crippen LogP contribution is 2.44. The van der Waals surface area contributed by atoms with E-state index in [1.54, 1.807) is 13.8 Å². The van der Waals surface area contributed by atoms with Crippen LogP contribution in [0.1, 0.15) is 40.5 Å². The summed E-state index contributed by atoms with van der Waals surface area (Å²) in [5.41, 5.74) is -1.26. The summed E-state index contributed by atoms with van der Waals surface area (Å²) in [6.45, 7) is 7.27. The second kappa shape index (κ2) is 7.40. The number of alkyl halides is 3. The first-order valence-electron chi connectivity index (χ1n) is 7.87. The van der Waals surface area contributed by atoms with Crippen molar-refractivity contribution in [1.82, 2.24) is 15.5 Å². The van der Waals surface area contributed by atoms with Crippen molar-refractivity contribution in [2.45, 2.75) is 52.3 Å². The summed E-state index contributed by atoms with van der Waals surface area (Å²) in [6.07, 6.45) is -3.85. The van der Waals surface area contributed by atoms with Gasteiger partial charge in [0.25, 0.3) is 0 Å². The lowest BCUT2D eigenvalue weighted by Gasteiger charge is -2.36. The van der Waals surface area contributed by atoms with Gasteiger partial charge >= 0.3 is 12.2 Å². The number of urea groups is 1. The predicted molar refractivity (Wildman–Crippen MR) is 80.8 cm³/mol. The normalized spacial score (nSPS) is 20.7. The topological polar surface area (TPSA) is 61.4 Å². The Labute approximate surface area is 135 Å². The molecule has 0 aliphatic carbocycles. The van der Waals surface area contributed by atoms with Crippen LogP contribution in [0.25, 0.3) is 0 Å². The molecule has 1 heterocycles. The summed E-state index contributed by atoms with van der Waals surface area (Å²) in [5, 5.41) is 5.34. The van der Waals surface area contributed by atoms with Crippen LogP contribution in [-0.4, -0.2) is 48.2 Å². The van der Waals surface area contributed by atoms with E-state index in [1.807, 2.05) is 0 Å². The SMILES string of the molecule is CC(C)C(=O)NCCCNC(=O)N1CC[C@H](C(F)(F)F)C1(C)C. The second-order valence-electron chi connectivity index (χ2n) is 6.72. The average molecular weight is 337 g/mol. The Morgan fingerprint density at radius 3 is 2.26 bits per heavy atom. The van der Waals surface area contributed by atoms with Gasteiger partial charge in [-0.2, -0.15) is 13.2 Å². The van der Waals surface area contributed by atoms with E-state index in [2.05, 4.69) is 10.6 Å². The molecular formula is C15H26F3N3O2. The molecule has 0 bridgehead atoms. The van der Waals surface area contributed by atoms with Crippen LogP contribution in [0.15, 0.2) is 0 Å². The van der Waals surface area contributed by atoms with Crippen molar-refractivity contribution in [1.29, 1.82) is 0 Å². The summed E-state index contributed by atoms with van der Waals surface area (Å²) >= 11 is 0. The van der Waals surface area contributed by atoms with Crippen molar-refractivity contribution in [3.63, 3.8) is 0 Å². The van der Waals surface area contributed by atoms with E-state index >= 15 is 0 Å². The van der Waals surface area contributed by atoms with Gasteiger partial charge in [-0.3, -0.25) is 4.79 Å². The van der Waals surface area contributed by atoms with Crippen molar-refractivity contribution in [2.24, 2.45) is 11.8 Å². The maximum absolute atomic E-state index is 13.0. The molecule has 2 N–H and O–H groups in total. The highest BCUT2D eigenvalue weighted by molar-refractivity contribution is 5.77. The molecule has 1 fully saturated rings. The van der Waals surface area contributed by atoms with Gasteiger partial charge in [-0.05, 0) is 26.7 Å². The maximum Gasteiger partial charge on any atom is 0.394 e. The van der Waals surface area contributed by atoms with Gasteiger partial charge in [-0.25, -0.2) is 4.79 Å². The molecule has 5 nitrogen and oxygen atoms in total. The van der Waals surface area contributed by atoms with Crippen molar-refractivity contribution >= 4 is 11.9 Å². The largest absolute Gasteiger partial charge is 0.394 e. The van der Waals surface area contributed by atoms with E-state index in [0.29, 0.717) is 19.5 Å². The minimum atomic E-state index is -4.31. The molecule has 8 heteroatoms. The number of nitrogens with zero attached hydrogens (tertiary/aromatic N) is 1. The summed E-state index contributed by atoms with van der Waals surface area (Å²) in [6, 6.07) is -0.489. The first-order chi connectivity index (χ1) is 10.5. The third kappa shape index (κ3) is 5.00. The van der Waals surface area contributed by atoms with Crippen LogP contribution in [-0.2, 0) is 4.79 Å². The molecule has 1 rings (SSSR count). The van der Waals surface area contributed by atoms with E-state index in [9.17, 15) is 22.8 Å². The number of rotatable bonds is 5. The summed E-state index contributed by atoms with van der Waals surface area (Å²) in [5.74, 6) is -1.68. The molecular weight excluding hydrogens is 311 g/mol. The van der Waals surface area contributed by atoms with Gasteiger partial charge in [0, 0.05) is 25.6 Å². The Bertz CT molecular complexity index is 436. The minimum Gasteiger partial charge on any atom is -0.356 e. The van der Waals surface area contributed by atoms with Gasteiger partial charge in [0.15, 0.2) is 0 Å². The van der Waals surface area contributed by atoms with E-state index < -0.39 is 23.7 Å². The van der Waals surface area contributed by atoms with Crippen LogP contribution < -0.4 is 10.6 Å². The summed E-state index contributed by atoms with van der Waals surface area (Å²) in [4.78, 5) is 24.7. The van der Waals surface area contributed by atoms with Gasteiger partial charge in [-0.1, -0.05) is 13.8 Å². The number of halogens is 3. The number of amides is 3. The van der Waals surface area contributed by atoms with E-state index in [0.717, 1.165) is 0 Å². The number of hydrogen-bond acceptors (Lipinski definition) is 2. The predicted octanol–water partition coefficient (Wildman–Crippen LogP) is 2.52. The zero-order valence-corrected chi connectivity index (χ0v) is 14.1. The number of nitrogens with one attached hydrogen (secondary N) is 2. The van der Waals surface area contributed by atoms with Crippen LogP contribution in [0.5, 0.6) is 0 Å². The molecule has 0 aromatic heterocycles. The van der Waals surface area contributed by atoms with Crippen molar-refractivity contribution in [3.05, 3.63) is 0 Å². The summed E-state index contributed by atoms with van der Waals surface area (Å²) < 4.78 is 39.0. The van der Waals surface area contributed by atoms with E-state index in [-0.39, 0.29) is 24.8 Å². The molecule has 3 amide bonds. The molecule has 0 unspecified atom stereocenters. The molecule has 134 valence electrons. The van der Waals surface area contributed by atoms with Crippen molar-refractivity contribution < 1.29 is 22.8 Å². The quantitative estimate of drug-likeness (QED) is 0.757. The highest BCUT2D eigenvalue weighted by atomic mass is 19.4. The van der Waals surface area contributed by atoms with Gasteiger partial charge in [0.1, 0.15) is 0 Å². The number of carbonyl (C=O) groups is 2. The molecule has 0 radical (unpaired) electrons. The van der Waals surface area contributed by atoms with Gasteiger partial charge in [0.2, 0.25) is 5.91 Å². The Morgan fingerprint density at radius 1 is 1.22 bits per heavy atom. The smallest absolute Gasteiger partial charge is 0.356 e. The monoisotopic (exact) mass is 337 g/mol. The highest BCUT2D eigenvalue weighted by Gasteiger charge is 2.56. The fourth-order valence-electron chi connectivity index (χ4n) is 2.81. The van der Waals surface area contributed by atoms with Crippen molar-refractivity contribution in [2.75, 3.05) is 19.6 Å². The Kier molecular flexibility index (Phi) is 6.30. The van der Waals surface area contributed by atoms with Crippen LogP contribution in [0.3, 0.4) is 0 Å². The van der Waals surface area contributed by atoms with Crippen molar-refractivity contribution in [3.8, 4) is 0 Å². The molecule has 1 saturated heterocycles. The fraction of sp³-hybridized carbons (Fsp3) is 0.867. The Balaban J connectivity index is 2.40. The third-order valence-corrected chi connectivity index (χ3v) is 4.28. The van der Waals surface area contributed by atoms with Crippen LogP contribution in [0, 0.1) is 11.8 Å². The van der Waals surface area contributed by atoms with E-state index in [1.165, 1.54) is 18.7 Å². The number of carbonyl (C=O) groups excluding carboxylic acids is 2. The maximum atomic E-state index is 13.0. The number of hydrogen-bond donors (Lipinski definition) is 2. The number of likely N-dealkylation sites (tertiary alicyclic amines) is 1. The second-order valence-corrected chi connectivity index (χ2v) is 6.72. The molecule has 1 atom stereocenters. The lowest BCUT2D eigenvalue weighted by atomic mass is 9.88. The zero-order chi connectivity index (χ0) is 17.8.